The number of aromatic nitrogens is 3. The normalized spacial score (nSPS) is 11.1. The van der Waals surface area contributed by atoms with Crippen LogP contribution in [0.5, 0.6) is 17.4 Å². The van der Waals surface area contributed by atoms with Gasteiger partial charge in [0.2, 0.25) is 5.88 Å². The molecule has 12 heteroatoms. The molecule has 2 amide bonds. The average Bonchev–Trinajstić information content (AvgIpc) is 3.59. The topological polar surface area (TPSA) is 131 Å². The summed E-state index contributed by atoms with van der Waals surface area (Å²) >= 11 is 1.15. The van der Waals surface area contributed by atoms with E-state index >= 15 is 0 Å². The van der Waals surface area contributed by atoms with Crippen molar-refractivity contribution in [2.24, 2.45) is 5.73 Å². The minimum atomic E-state index is -0.846. The highest BCUT2D eigenvalue weighted by molar-refractivity contribution is 7.00. The van der Waals surface area contributed by atoms with Crippen LogP contribution in [0.15, 0.2) is 54.6 Å². The first kappa shape index (κ1) is 29.6. The largest absolute Gasteiger partial charge is 0.515 e. The monoisotopic (exact) mass is 603 g/mol. The molecular weight excluding hydrogens is 570 g/mol. The third-order valence-corrected chi connectivity index (χ3v) is 7.65. The Hall–Kier alpha value is -4.84. The fraction of sp³-hybridized carbons (Fsp3) is 0.290. The van der Waals surface area contributed by atoms with E-state index in [0.29, 0.717) is 41.4 Å². The summed E-state index contributed by atoms with van der Waals surface area (Å²) in [5, 5.41) is 0.722. The number of nitrogens with zero attached hydrogens (tertiary/aromatic N) is 4. The lowest BCUT2D eigenvalue weighted by Crippen LogP contribution is -2.36. The van der Waals surface area contributed by atoms with Gasteiger partial charge in [0.05, 0.1) is 50.2 Å². The molecule has 0 atom stereocenters. The first-order chi connectivity index (χ1) is 20.9. The molecule has 43 heavy (non-hydrogen) atoms. The zero-order valence-corrected chi connectivity index (χ0v) is 25.3. The van der Waals surface area contributed by atoms with Gasteiger partial charge >= 0.3 is 12.2 Å². The van der Waals surface area contributed by atoms with Gasteiger partial charge in [-0.2, -0.15) is 8.75 Å². The number of unbranched alkanes of at least 4 members (excludes halogenated alkanes) is 1. The number of methoxy groups -OCH3 is 2. The lowest BCUT2D eigenvalue weighted by atomic mass is 10.0. The molecule has 0 spiro atoms. The van der Waals surface area contributed by atoms with Crippen molar-refractivity contribution in [2.45, 2.75) is 33.2 Å². The van der Waals surface area contributed by atoms with Crippen molar-refractivity contribution >= 4 is 51.5 Å². The van der Waals surface area contributed by atoms with Crippen molar-refractivity contribution in [1.82, 2.24) is 13.3 Å². The molecule has 0 fully saturated rings. The zero-order chi connectivity index (χ0) is 30.5. The Labute approximate surface area is 253 Å². The van der Waals surface area contributed by atoms with Crippen LogP contribution >= 0.6 is 11.7 Å². The number of ether oxygens (including phenoxy) is 4. The van der Waals surface area contributed by atoms with Gasteiger partial charge in [0.25, 0.3) is 0 Å². The number of fused-ring (bicyclic) bond motifs is 2. The van der Waals surface area contributed by atoms with E-state index < -0.39 is 12.2 Å². The van der Waals surface area contributed by atoms with Crippen molar-refractivity contribution in [3.05, 3.63) is 60.2 Å². The summed E-state index contributed by atoms with van der Waals surface area (Å²) in [4.78, 5) is 26.9. The third kappa shape index (κ3) is 6.05. The second-order valence-corrected chi connectivity index (χ2v) is 10.3. The predicted octanol–water partition coefficient (Wildman–Crippen LogP) is 6.60. The molecule has 11 nitrogen and oxygen atoms in total. The Bertz CT molecular complexity index is 1780. The van der Waals surface area contributed by atoms with E-state index in [9.17, 15) is 9.59 Å². The van der Waals surface area contributed by atoms with Crippen LogP contribution in [0, 0.1) is 0 Å². The van der Waals surface area contributed by atoms with Gasteiger partial charge in [0, 0.05) is 29.2 Å². The summed E-state index contributed by atoms with van der Waals surface area (Å²) in [6, 6.07) is 16.3. The van der Waals surface area contributed by atoms with Gasteiger partial charge < -0.3 is 29.2 Å². The number of hydrogen-bond acceptors (Lipinski definition) is 9. The summed E-state index contributed by atoms with van der Waals surface area (Å²) in [5.41, 5.74) is 10.9. The number of carbonyl (C=O) groups is 2. The average molecular weight is 604 g/mol. The molecule has 2 N–H and O–H groups in total. The molecule has 0 unspecified atom stereocenters. The molecule has 2 aromatic heterocycles. The van der Waals surface area contributed by atoms with Gasteiger partial charge in [-0.25, -0.2) is 9.59 Å². The second kappa shape index (κ2) is 13.0. The standard InChI is InChI=1S/C31H33N5O6S/c1-5-7-14-35(30(32)37)20-9-13-26-23(16-20)28(22-11-10-21(39-3)17-27(22)40-4)29(42-31(38)41-6-2)36(26)18-19-8-12-24-25(15-19)34-43-33-24/h8-13,15-17H,5-7,14,18H2,1-4H3,(H2,32,37). The molecule has 0 radical (unpaired) electrons. The first-order valence-electron chi connectivity index (χ1n) is 13.9. The van der Waals surface area contributed by atoms with Crippen molar-refractivity contribution in [3.8, 4) is 28.5 Å². The highest BCUT2D eigenvalue weighted by atomic mass is 32.1. The van der Waals surface area contributed by atoms with E-state index in [1.807, 2.05) is 47.0 Å². The Morgan fingerprint density at radius 3 is 2.51 bits per heavy atom. The van der Waals surface area contributed by atoms with E-state index in [0.717, 1.165) is 52.1 Å². The summed E-state index contributed by atoms with van der Waals surface area (Å²) < 4.78 is 32.9. The number of amides is 2. The fourth-order valence-electron chi connectivity index (χ4n) is 5.03. The van der Waals surface area contributed by atoms with E-state index in [-0.39, 0.29) is 12.5 Å². The van der Waals surface area contributed by atoms with Crippen LogP contribution in [0.25, 0.3) is 33.1 Å². The first-order valence-corrected chi connectivity index (χ1v) is 14.6. The van der Waals surface area contributed by atoms with Crippen LogP contribution in [0.3, 0.4) is 0 Å². The summed E-state index contributed by atoms with van der Waals surface area (Å²) in [6.07, 6.45) is 0.834. The third-order valence-electron chi connectivity index (χ3n) is 7.09. The maximum atomic E-state index is 12.9. The maximum absolute atomic E-state index is 12.9. The van der Waals surface area contributed by atoms with E-state index in [1.54, 1.807) is 38.2 Å². The van der Waals surface area contributed by atoms with Crippen LogP contribution in [0.2, 0.25) is 0 Å². The predicted molar refractivity (Wildman–Crippen MR) is 166 cm³/mol. The smallest absolute Gasteiger partial charge is 0.497 e. The zero-order valence-electron chi connectivity index (χ0n) is 24.5. The second-order valence-electron chi connectivity index (χ2n) is 9.75. The molecule has 0 saturated carbocycles. The number of nitrogens with two attached hydrogens (primary N) is 1. The van der Waals surface area contributed by atoms with Gasteiger partial charge in [-0.05, 0) is 61.4 Å². The fourth-order valence-corrected chi connectivity index (χ4v) is 5.55. The maximum Gasteiger partial charge on any atom is 0.515 e. The van der Waals surface area contributed by atoms with E-state index in [4.69, 9.17) is 24.7 Å². The number of carbonyl (C=O) groups excluding carboxylic acids is 2. The molecule has 5 aromatic rings. The molecular formula is C31H33N5O6S. The van der Waals surface area contributed by atoms with Gasteiger partial charge in [-0.1, -0.05) is 19.4 Å². The summed E-state index contributed by atoms with van der Waals surface area (Å²) in [6.45, 7) is 4.71. The molecule has 0 saturated heterocycles. The van der Waals surface area contributed by atoms with Crippen LogP contribution in [0.1, 0.15) is 32.3 Å². The van der Waals surface area contributed by atoms with Gasteiger partial charge in [0.1, 0.15) is 22.5 Å². The molecule has 0 aliphatic rings. The van der Waals surface area contributed by atoms with Crippen LogP contribution in [0.4, 0.5) is 15.3 Å². The highest BCUT2D eigenvalue weighted by Gasteiger charge is 2.27. The minimum absolute atomic E-state index is 0.142. The Morgan fingerprint density at radius 1 is 0.977 bits per heavy atom. The van der Waals surface area contributed by atoms with Crippen molar-refractivity contribution in [1.29, 1.82) is 0 Å². The van der Waals surface area contributed by atoms with Crippen LogP contribution in [-0.4, -0.2) is 52.9 Å². The SMILES string of the molecule is CCCCN(C(N)=O)c1ccc2c(c1)c(-c1ccc(OC)cc1OC)c(OC(=O)OCC)n2Cc1ccc2nsnc2c1. The van der Waals surface area contributed by atoms with Gasteiger partial charge in [-0.15, -0.1) is 0 Å². The molecule has 3 aromatic carbocycles. The number of urea groups is 1. The molecule has 0 aliphatic heterocycles. The number of anilines is 1. The summed E-state index contributed by atoms with van der Waals surface area (Å²) in [5.74, 6) is 1.36. The van der Waals surface area contributed by atoms with Crippen molar-refractivity contribution in [2.75, 3.05) is 32.3 Å². The lowest BCUT2D eigenvalue weighted by Gasteiger charge is -2.20. The van der Waals surface area contributed by atoms with Gasteiger partial charge in [-0.3, -0.25) is 4.90 Å². The van der Waals surface area contributed by atoms with Crippen LogP contribution < -0.4 is 24.8 Å². The number of rotatable bonds is 11. The molecule has 2 heterocycles. The Morgan fingerprint density at radius 2 is 1.79 bits per heavy atom. The Kier molecular flexibility index (Phi) is 8.96. The highest BCUT2D eigenvalue weighted by Crippen LogP contribution is 2.46. The quantitative estimate of drug-likeness (QED) is 0.167. The molecule has 224 valence electrons. The number of primary amides is 1. The molecule has 0 aliphatic carbocycles. The van der Waals surface area contributed by atoms with Gasteiger partial charge in [0.15, 0.2) is 0 Å². The van der Waals surface area contributed by atoms with Crippen molar-refractivity contribution < 1.29 is 28.5 Å². The van der Waals surface area contributed by atoms with Crippen molar-refractivity contribution in [3.63, 3.8) is 0 Å². The Balaban J connectivity index is 1.79. The van der Waals surface area contributed by atoms with E-state index in [2.05, 4.69) is 15.7 Å². The summed E-state index contributed by atoms with van der Waals surface area (Å²) in [7, 11) is 3.14. The minimum Gasteiger partial charge on any atom is -0.497 e. The van der Waals surface area contributed by atoms with E-state index in [1.165, 1.54) is 0 Å². The number of hydrogen-bond donors (Lipinski definition) is 1. The lowest BCUT2D eigenvalue weighted by molar-refractivity contribution is 0.101. The van der Waals surface area contributed by atoms with Crippen LogP contribution in [-0.2, 0) is 11.3 Å². The number of benzene rings is 3. The molecule has 5 rings (SSSR count). The molecule has 0 bridgehead atoms.